The fourth-order valence-electron chi connectivity index (χ4n) is 9.18. The van der Waals surface area contributed by atoms with Crippen LogP contribution in [-0.4, -0.2) is 140 Å². The van der Waals surface area contributed by atoms with Gasteiger partial charge in [0.2, 0.25) is 5.91 Å². The van der Waals surface area contributed by atoms with E-state index in [0.29, 0.717) is 12.8 Å². The minimum absolute atomic E-state index is 0.207. The van der Waals surface area contributed by atoms with Gasteiger partial charge >= 0.3 is 0 Å². The van der Waals surface area contributed by atoms with E-state index in [0.717, 1.165) is 51.4 Å². The summed E-state index contributed by atoms with van der Waals surface area (Å²) in [5.74, 6) is -0.207. The maximum absolute atomic E-state index is 13.1. The Morgan fingerprint density at radius 1 is 0.492 bits per heavy atom. The number of unbranched alkanes of at least 4 members (excludes halogenated alkanes) is 29. The topological polar surface area (TPSA) is 228 Å². The van der Waals surface area contributed by atoms with Crippen LogP contribution < -0.4 is 5.32 Å². The normalized spacial score (nSPS) is 26.9. The van der Waals surface area contributed by atoms with Crippen molar-refractivity contribution in [2.45, 2.75) is 299 Å². The van der Waals surface area contributed by atoms with E-state index >= 15 is 0 Å². The number of aliphatic hydroxyl groups is 8. The monoisotopic (exact) mass is 934 g/mol. The van der Waals surface area contributed by atoms with Gasteiger partial charge in [0.05, 0.1) is 32.0 Å². The molecule has 0 aromatic heterocycles. The summed E-state index contributed by atoms with van der Waals surface area (Å²) in [6, 6.07) is -0.820. The molecule has 0 aromatic rings. The Morgan fingerprint density at radius 3 is 1.31 bits per heavy atom. The number of hydrogen-bond acceptors (Lipinski definition) is 13. The van der Waals surface area contributed by atoms with Gasteiger partial charge in [0.15, 0.2) is 12.6 Å². The molecule has 12 unspecified atom stereocenters. The van der Waals surface area contributed by atoms with E-state index in [1.54, 1.807) is 0 Å². The van der Waals surface area contributed by atoms with E-state index in [4.69, 9.17) is 18.9 Å². The predicted molar refractivity (Wildman–Crippen MR) is 254 cm³/mol. The van der Waals surface area contributed by atoms with Gasteiger partial charge in [0.1, 0.15) is 48.8 Å². The van der Waals surface area contributed by atoms with E-state index in [1.807, 2.05) is 0 Å². The van der Waals surface area contributed by atoms with Crippen LogP contribution in [0, 0.1) is 0 Å². The van der Waals surface area contributed by atoms with Crippen molar-refractivity contribution in [1.82, 2.24) is 5.32 Å². The summed E-state index contributed by atoms with van der Waals surface area (Å²) in [5, 5.41) is 86.8. The summed E-state index contributed by atoms with van der Waals surface area (Å²) in [4.78, 5) is 13.1. The molecule has 12 atom stereocenters. The van der Waals surface area contributed by atoms with Crippen LogP contribution in [0.25, 0.3) is 0 Å². The lowest BCUT2D eigenvalue weighted by Gasteiger charge is -2.46. The largest absolute Gasteiger partial charge is 0.394 e. The summed E-state index contributed by atoms with van der Waals surface area (Å²) in [6.07, 6.45) is 22.7. The van der Waals surface area contributed by atoms with Crippen molar-refractivity contribution in [3.05, 3.63) is 0 Å². The highest BCUT2D eigenvalue weighted by Crippen LogP contribution is 2.30. The van der Waals surface area contributed by atoms with Gasteiger partial charge < -0.3 is 65.1 Å². The van der Waals surface area contributed by atoms with Gasteiger partial charge in [-0.1, -0.05) is 206 Å². The summed E-state index contributed by atoms with van der Waals surface area (Å²) in [5.41, 5.74) is 0. The predicted octanol–water partition coefficient (Wildman–Crippen LogP) is 7.39. The van der Waals surface area contributed by atoms with Gasteiger partial charge in [-0.3, -0.25) is 4.79 Å². The van der Waals surface area contributed by atoms with Crippen molar-refractivity contribution >= 4 is 5.91 Å². The van der Waals surface area contributed by atoms with Gasteiger partial charge in [0.25, 0.3) is 0 Å². The highest BCUT2D eigenvalue weighted by atomic mass is 16.7. The van der Waals surface area contributed by atoms with Crippen LogP contribution >= 0.6 is 0 Å². The molecule has 2 fully saturated rings. The van der Waals surface area contributed by atoms with Crippen LogP contribution in [0.2, 0.25) is 0 Å². The van der Waals surface area contributed by atoms with Crippen molar-refractivity contribution in [1.29, 1.82) is 0 Å². The zero-order chi connectivity index (χ0) is 47.5. The molecule has 0 radical (unpaired) electrons. The van der Waals surface area contributed by atoms with Crippen LogP contribution in [0.5, 0.6) is 0 Å². The smallest absolute Gasteiger partial charge is 0.220 e. The Labute approximate surface area is 393 Å². The molecule has 0 spiro atoms. The maximum Gasteiger partial charge on any atom is 0.220 e. The SMILES string of the molecule is CCCCCCCCCCCCCCCCCCCCCCCCC(O)C(COC1OC(CO)C(OC2OC(CO)C(O)C(O)C2O)C(O)C1O)NC(=O)CCCCCCCCCCC. The molecule has 0 saturated carbocycles. The number of ether oxygens (including phenoxy) is 4. The first-order valence-corrected chi connectivity index (χ1v) is 26.8. The number of carbonyl (C=O) groups is 1. The minimum atomic E-state index is -1.78. The number of aliphatic hydroxyl groups excluding tert-OH is 8. The van der Waals surface area contributed by atoms with Gasteiger partial charge in [-0.25, -0.2) is 0 Å². The number of amides is 1. The molecule has 0 bridgehead atoms. The molecule has 2 saturated heterocycles. The second kappa shape index (κ2) is 38.8. The van der Waals surface area contributed by atoms with Crippen molar-refractivity contribution in [2.24, 2.45) is 0 Å². The molecular formula is C51H99NO13. The average Bonchev–Trinajstić information content (AvgIpc) is 3.30. The van der Waals surface area contributed by atoms with Gasteiger partial charge in [-0.2, -0.15) is 0 Å². The molecule has 9 N–H and O–H groups in total. The Morgan fingerprint density at radius 2 is 0.877 bits per heavy atom. The molecule has 0 aliphatic carbocycles. The summed E-state index contributed by atoms with van der Waals surface area (Å²) < 4.78 is 22.7. The molecule has 65 heavy (non-hydrogen) atoms. The van der Waals surface area contributed by atoms with E-state index in [2.05, 4.69) is 19.2 Å². The molecule has 0 aromatic carbocycles. The van der Waals surface area contributed by atoms with Gasteiger partial charge in [0, 0.05) is 6.42 Å². The minimum Gasteiger partial charge on any atom is -0.394 e. The van der Waals surface area contributed by atoms with Crippen LogP contribution in [0.3, 0.4) is 0 Å². The molecular weight excluding hydrogens is 835 g/mol. The van der Waals surface area contributed by atoms with Crippen LogP contribution in [-0.2, 0) is 23.7 Å². The van der Waals surface area contributed by atoms with E-state index in [1.165, 1.54) is 148 Å². The molecule has 14 nitrogen and oxygen atoms in total. The Bertz CT molecular complexity index is 1100. The van der Waals surface area contributed by atoms with E-state index in [9.17, 15) is 45.6 Å². The van der Waals surface area contributed by atoms with Crippen LogP contribution in [0.4, 0.5) is 0 Å². The molecule has 386 valence electrons. The third kappa shape index (κ3) is 26.0. The summed E-state index contributed by atoms with van der Waals surface area (Å²) in [7, 11) is 0. The van der Waals surface area contributed by atoms with Gasteiger partial charge in [-0.15, -0.1) is 0 Å². The van der Waals surface area contributed by atoms with Crippen molar-refractivity contribution in [2.75, 3.05) is 19.8 Å². The molecule has 2 heterocycles. The first-order chi connectivity index (χ1) is 31.6. The van der Waals surface area contributed by atoms with E-state index < -0.39 is 86.8 Å². The number of carbonyl (C=O) groups excluding carboxylic acids is 1. The number of nitrogens with one attached hydrogen (secondary N) is 1. The van der Waals surface area contributed by atoms with Crippen molar-refractivity contribution < 1.29 is 64.6 Å². The zero-order valence-electron chi connectivity index (χ0n) is 41.0. The Balaban J connectivity index is 1.74. The Hall–Kier alpha value is -1.01. The quantitative estimate of drug-likeness (QED) is 0.0273. The van der Waals surface area contributed by atoms with Crippen LogP contribution in [0.1, 0.15) is 226 Å². The average molecular weight is 934 g/mol. The maximum atomic E-state index is 13.1. The fraction of sp³-hybridized carbons (Fsp3) is 0.980. The fourth-order valence-corrected chi connectivity index (χ4v) is 9.18. The lowest BCUT2D eigenvalue weighted by Crippen LogP contribution is -2.65. The Kier molecular flexibility index (Phi) is 35.9. The zero-order valence-corrected chi connectivity index (χ0v) is 41.0. The first kappa shape index (κ1) is 60.1. The van der Waals surface area contributed by atoms with Gasteiger partial charge in [-0.05, 0) is 12.8 Å². The number of rotatable bonds is 42. The second-order valence-corrected chi connectivity index (χ2v) is 19.4. The molecule has 2 aliphatic rings. The molecule has 2 rings (SSSR count). The highest BCUT2D eigenvalue weighted by molar-refractivity contribution is 5.76. The number of hydrogen-bond donors (Lipinski definition) is 9. The van der Waals surface area contributed by atoms with Crippen molar-refractivity contribution in [3.8, 4) is 0 Å². The molecule has 1 amide bonds. The van der Waals surface area contributed by atoms with Crippen LogP contribution in [0.15, 0.2) is 0 Å². The second-order valence-electron chi connectivity index (χ2n) is 19.4. The first-order valence-electron chi connectivity index (χ1n) is 26.8. The lowest BCUT2D eigenvalue weighted by atomic mass is 9.97. The molecule has 2 aliphatic heterocycles. The summed E-state index contributed by atoms with van der Waals surface area (Å²) in [6.45, 7) is 2.84. The third-order valence-electron chi connectivity index (χ3n) is 13.6. The van der Waals surface area contributed by atoms with Crippen molar-refractivity contribution in [3.63, 3.8) is 0 Å². The molecule has 14 heteroatoms. The third-order valence-corrected chi connectivity index (χ3v) is 13.6. The van der Waals surface area contributed by atoms with E-state index in [-0.39, 0.29) is 12.5 Å². The standard InChI is InChI=1S/C51H99NO13/c1-3-5-7-9-11-13-14-15-16-17-18-19-20-21-22-23-24-25-27-28-30-32-34-40(55)39(52-43(56)35-33-31-29-26-12-10-8-6-4-2)38-62-50-48(61)46(59)49(42(37-54)64-50)65-51-47(60)45(58)44(57)41(36-53)63-51/h39-42,44-51,53-55,57-61H,3-38H2,1-2H3,(H,52,56). The highest BCUT2D eigenvalue weighted by Gasteiger charge is 2.51. The lowest BCUT2D eigenvalue weighted by molar-refractivity contribution is -0.359. The summed E-state index contributed by atoms with van der Waals surface area (Å²) >= 11 is 0.